The number of aromatic nitrogens is 1. The average molecular weight is 450 g/mol. The van der Waals surface area contributed by atoms with E-state index in [2.05, 4.69) is 44.0 Å². The summed E-state index contributed by atoms with van der Waals surface area (Å²) in [7, 11) is 0. The molecule has 9 heteroatoms. The van der Waals surface area contributed by atoms with Crippen LogP contribution in [0.15, 0.2) is 53.3 Å². The van der Waals surface area contributed by atoms with Crippen molar-refractivity contribution in [1.29, 1.82) is 0 Å². The molecule has 0 saturated carbocycles. The number of nitrogens with zero attached hydrogens (tertiary/aromatic N) is 3. The molecule has 8 nitrogen and oxygen atoms in total. The SMILES string of the molecule is O=C(O)C(=O)O.O=C(c1ccncc1)N1CCN(Cc2cccc(Br)c2)CC1. The summed E-state index contributed by atoms with van der Waals surface area (Å²) in [6.07, 6.45) is 3.33. The quantitative estimate of drug-likeness (QED) is 0.688. The van der Waals surface area contributed by atoms with E-state index in [1.54, 1.807) is 24.5 Å². The number of carbonyl (C=O) groups is 3. The van der Waals surface area contributed by atoms with Crippen LogP contribution in [0.25, 0.3) is 0 Å². The van der Waals surface area contributed by atoms with Crippen molar-refractivity contribution in [3.05, 3.63) is 64.4 Å². The predicted molar refractivity (Wildman–Crippen MR) is 105 cm³/mol. The number of aliphatic carboxylic acids is 2. The zero-order valence-corrected chi connectivity index (χ0v) is 16.6. The third kappa shape index (κ3) is 6.75. The van der Waals surface area contributed by atoms with Crippen LogP contribution < -0.4 is 0 Å². The van der Waals surface area contributed by atoms with Gasteiger partial charge in [-0.25, -0.2) is 9.59 Å². The van der Waals surface area contributed by atoms with E-state index in [9.17, 15) is 4.79 Å². The van der Waals surface area contributed by atoms with Crippen molar-refractivity contribution in [3.63, 3.8) is 0 Å². The maximum Gasteiger partial charge on any atom is 0.414 e. The molecular formula is C19H20BrN3O5. The second-order valence-corrected chi connectivity index (χ2v) is 6.96. The fourth-order valence-electron chi connectivity index (χ4n) is 2.68. The first-order valence-corrected chi connectivity index (χ1v) is 9.28. The Labute approximate surface area is 170 Å². The van der Waals surface area contributed by atoms with Crippen molar-refractivity contribution in [3.8, 4) is 0 Å². The summed E-state index contributed by atoms with van der Waals surface area (Å²) in [5, 5.41) is 14.8. The van der Waals surface area contributed by atoms with E-state index in [1.165, 1.54) is 5.56 Å². The Morgan fingerprint density at radius 1 is 0.964 bits per heavy atom. The third-order valence-electron chi connectivity index (χ3n) is 4.06. The smallest absolute Gasteiger partial charge is 0.414 e. The van der Waals surface area contributed by atoms with Crippen LogP contribution in [0.4, 0.5) is 0 Å². The van der Waals surface area contributed by atoms with Gasteiger partial charge in [-0.3, -0.25) is 14.7 Å². The van der Waals surface area contributed by atoms with Crippen molar-refractivity contribution >= 4 is 33.8 Å². The number of carbonyl (C=O) groups excluding carboxylic acids is 1. The second-order valence-electron chi connectivity index (χ2n) is 6.04. The fraction of sp³-hybridized carbons (Fsp3) is 0.263. The van der Waals surface area contributed by atoms with Gasteiger partial charge in [0.25, 0.3) is 5.91 Å². The molecule has 148 valence electrons. The number of hydrogen-bond acceptors (Lipinski definition) is 5. The molecule has 0 bridgehead atoms. The van der Waals surface area contributed by atoms with Gasteiger partial charge in [0.15, 0.2) is 0 Å². The molecule has 3 rings (SSSR count). The molecule has 1 amide bonds. The van der Waals surface area contributed by atoms with Gasteiger partial charge in [-0.15, -0.1) is 0 Å². The highest BCUT2D eigenvalue weighted by atomic mass is 79.9. The zero-order valence-electron chi connectivity index (χ0n) is 15.0. The number of carboxylic acids is 2. The minimum Gasteiger partial charge on any atom is -0.473 e. The van der Waals surface area contributed by atoms with Crippen molar-refractivity contribution in [2.24, 2.45) is 0 Å². The molecule has 1 saturated heterocycles. The Morgan fingerprint density at radius 3 is 2.11 bits per heavy atom. The molecule has 1 aliphatic rings. The first-order valence-electron chi connectivity index (χ1n) is 8.49. The molecular weight excluding hydrogens is 430 g/mol. The number of pyridine rings is 1. The van der Waals surface area contributed by atoms with Gasteiger partial charge >= 0.3 is 11.9 Å². The Balaban J connectivity index is 0.000000409. The first-order chi connectivity index (χ1) is 13.4. The number of hydrogen-bond donors (Lipinski definition) is 2. The maximum atomic E-state index is 12.4. The maximum absolute atomic E-state index is 12.4. The van der Waals surface area contributed by atoms with Gasteiger partial charge in [-0.2, -0.15) is 0 Å². The Kier molecular flexibility index (Phi) is 8.09. The molecule has 2 aromatic rings. The Bertz CT molecular complexity index is 811. The molecule has 0 radical (unpaired) electrons. The molecule has 0 unspecified atom stereocenters. The molecule has 28 heavy (non-hydrogen) atoms. The number of halogens is 1. The fourth-order valence-corrected chi connectivity index (χ4v) is 3.13. The number of benzene rings is 1. The van der Waals surface area contributed by atoms with Gasteiger partial charge in [0.05, 0.1) is 0 Å². The van der Waals surface area contributed by atoms with Crippen molar-refractivity contribution in [1.82, 2.24) is 14.8 Å². The molecule has 0 spiro atoms. The van der Waals surface area contributed by atoms with Crippen molar-refractivity contribution in [2.45, 2.75) is 6.54 Å². The van der Waals surface area contributed by atoms with Crippen LogP contribution in [0, 0.1) is 0 Å². The molecule has 1 aliphatic heterocycles. The molecule has 1 fully saturated rings. The molecule has 1 aromatic carbocycles. The van der Waals surface area contributed by atoms with E-state index in [0.717, 1.165) is 42.8 Å². The predicted octanol–water partition coefficient (Wildman–Crippen LogP) is 1.96. The summed E-state index contributed by atoms with van der Waals surface area (Å²) in [4.78, 5) is 38.8. The summed E-state index contributed by atoms with van der Waals surface area (Å²) in [5.41, 5.74) is 2.01. The molecule has 0 atom stereocenters. The standard InChI is InChI=1S/C17H18BrN3O.C2H2O4/c18-16-3-1-2-14(12-16)13-20-8-10-21(11-9-20)17(22)15-4-6-19-7-5-15;3-1(4)2(5)6/h1-7,12H,8-11,13H2;(H,3,4)(H,5,6). The normalized spacial score (nSPS) is 14.0. The van der Waals surface area contributed by atoms with Gasteiger partial charge in [0, 0.05) is 55.2 Å². The van der Waals surface area contributed by atoms with Crippen LogP contribution in [-0.4, -0.2) is 69.0 Å². The number of rotatable bonds is 3. The van der Waals surface area contributed by atoms with Crippen LogP contribution >= 0.6 is 15.9 Å². The molecule has 2 heterocycles. The number of amides is 1. The highest BCUT2D eigenvalue weighted by Gasteiger charge is 2.22. The van der Waals surface area contributed by atoms with Gasteiger partial charge in [0.2, 0.25) is 0 Å². The monoisotopic (exact) mass is 449 g/mol. The lowest BCUT2D eigenvalue weighted by Gasteiger charge is -2.34. The summed E-state index contributed by atoms with van der Waals surface area (Å²) in [6.45, 7) is 4.29. The van der Waals surface area contributed by atoms with Crippen LogP contribution in [0.5, 0.6) is 0 Å². The van der Waals surface area contributed by atoms with Crippen LogP contribution in [-0.2, 0) is 16.1 Å². The topological polar surface area (TPSA) is 111 Å². The van der Waals surface area contributed by atoms with E-state index in [4.69, 9.17) is 19.8 Å². The molecule has 1 aromatic heterocycles. The van der Waals surface area contributed by atoms with E-state index in [1.807, 2.05) is 11.0 Å². The molecule has 0 aliphatic carbocycles. The summed E-state index contributed by atoms with van der Waals surface area (Å²) in [5.74, 6) is -3.55. The minimum absolute atomic E-state index is 0.101. The molecule has 2 N–H and O–H groups in total. The summed E-state index contributed by atoms with van der Waals surface area (Å²) >= 11 is 3.50. The van der Waals surface area contributed by atoms with Crippen molar-refractivity contribution in [2.75, 3.05) is 26.2 Å². The van der Waals surface area contributed by atoms with Crippen LogP contribution in [0.3, 0.4) is 0 Å². The second kappa shape index (κ2) is 10.5. The summed E-state index contributed by atoms with van der Waals surface area (Å²) in [6, 6.07) is 11.9. The van der Waals surface area contributed by atoms with E-state index >= 15 is 0 Å². The first kappa shape index (κ1) is 21.5. The summed E-state index contributed by atoms with van der Waals surface area (Å²) < 4.78 is 1.11. The highest BCUT2D eigenvalue weighted by Crippen LogP contribution is 2.15. The van der Waals surface area contributed by atoms with Crippen molar-refractivity contribution < 1.29 is 24.6 Å². The third-order valence-corrected chi connectivity index (χ3v) is 4.56. The number of piperazine rings is 1. The van der Waals surface area contributed by atoms with Crippen LogP contribution in [0.1, 0.15) is 15.9 Å². The van der Waals surface area contributed by atoms with E-state index in [0.29, 0.717) is 0 Å². The average Bonchev–Trinajstić information content (AvgIpc) is 2.69. The lowest BCUT2D eigenvalue weighted by atomic mass is 10.2. The lowest BCUT2D eigenvalue weighted by molar-refractivity contribution is -0.159. The van der Waals surface area contributed by atoms with Crippen LogP contribution in [0.2, 0.25) is 0 Å². The Hall–Kier alpha value is -2.78. The van der Waals surface area contributed by atoms with E-state index < -0.39 is 11.9 Å². The Morgan fingerprint density at radius 2 is 1.57 bits per heavy atom. The number of carboxylic acid groups (broad SMARTS) is 2. The zero-order chi connectivity index (χ0) is 20.5. The van der Waals surface area contributed by atoms with Gasteiger partial charge in [0.1, 0.15) is 0 Å². The lowest BCUT2D eigenvalue weighted by Crippen LogP contribution is -2.48. The minimum atomic E-state index is -1.82. The highest BCUT2D eigenvalue weighted by molar-refractivity contribution is 9.10. The van der Waals surface area contributed by atoms with Gasteiger partial charge < -0.3 is 15.1 Å². The van der Waals surface area contributed by atoms with Gasteiger partial charge in [-0.1, -0.05) is 28.1 Å². The van der Waals surface area contributed by atoms with Gasteiger partial charge in [-0.05, 0) is 29.8 Å². The van der Waals surface area contributed by atoms with E-state index in [-0.39, 0.29) is 5.91 Å². The largest absolute Gasteiger partial charge is 0.473 e.